The Labute approximate surface area is 241 Å². The monoisotopic (exact) mass is 569 g/mol. The molecule has 0 aliphatic carbocycles. The number of anilines is 1. The molecule has 1 fully saturated rings. The van der Waals surface area contributed by atoms with Crippen molar-refractivity contribution in [2.24, 2.45) is 7.05 Å². The van der Waals surface area contributed by atoms with Gasteiger partial charge in [0.1, 0.15) is 5.82 Å². The molecule has 3 atom stereocenters. The molecular formula is C32H42F3N5O. The SMILES string of the molecule is CC\C=c1/c(N2C[C@@H](CC)N(C(CCC)c3ccc(C(F)(F)F)cc3)CC2CC)nc(=O)n(C)/c1=C/C=C(\C)C#N. The molecule has 0 N–H and O–H groups in total. The van der Waals surface area contributed by atoms with E-state index in [0.29, 0.717) is 29.8 Å². The lowest BCUT2D eigenvalue weighted by Crippen LogP contribution is -2.61. The van der Waals surface area contributed by atoms with E-state index >= 15 is 0 Å². The molecule has 2 heterocycles. The highest BCUT2D eigenvalue weighted by Gasteiger charge is 2.38. The fourth-order valence-corrected chi connectivity index (χ4v) is 5.70. The molecule has 1 aromatic heterocycles. The van der Waals surface area contributed by atoms with Gasteiger partial charge in [0.25, 0.3) is 0 Å². The van der Waals surface area contributed by atoms with Gasteiger partial charge in [-0.1, -0.05) is 52.3 Å². The Bertz CT molecular complexity index is 1440. The molecule has 9 heteroatoms. The van der Waals surface area contributed by atoms with Crippen molar-refractivity contribution in [1.82, 2.24) is 14.5 Å². The van der Waals surface area contributed by atoms with Crippen LogP contribution >= 0.6 is 0 Å². The van der Waals surface area contributed by atoms with Crippen LogP contribution in [0.5, 0.6) is 0 Å². The zero-order valence-corrected chi connectivity index (χ0v) is 25.0. The third kappa shape index (κ3) is 7.28. The number of rotatable bonds is 9. The van der Waals surface area contributed by atoms with Crippen molar-refractivity contribution in [1.29, 1.82) is 5.26 Å². The molecule has 1 aliphatic heterocycles. The van der Waals surface area contributed by atoms with Gasteiger partial charge in [0, 0.05) is 49.1 Å². The van der Waals surface area contributed by atoms with Gasteiger partial charge in [0.2, 0.25) is 0 Å². The second-order valence-electron chi connectivity index (χ2n) is 10.7. The zero-order chi connectivity index (χ0) is 30.3. The number of benzene rings is 1. The van der Waals surface area contributed by atoms with E-state index in [0.717, 1.165) is 42.9 Å². The lowest BCUT2D eigenvalue weighted by molar-refractivity contribution is -0.137. The third-order valence-electron chi connectivity index (χ3n) is 7.98. The van der Waals surface area contributed by atoms with Crippen LogP contribution in [0, 0.1) is 11.3 Å². The van der Waals surface area contributed by atoms with E-state index < -0.39 is 11.7 Å². The Morgan fingerprint density at radius 2 is 1.78 bits per heavy atom. The van der Waals surface area contributed by atoms with Crippen LogP contribution in [0.3, 0.4) is 0 Å². The predicted molar refractivity (Wildman–Crippen MR) is 159 cm³/mol. The maximum atomic E-state index is 13.2. The van der Waals surface area contributed by atoms with Gasteiger partial charge in [-0.05, 0) is 62.5 Å². The minimum absolute atomic E-state index is 0.00954. The minimum atomic E-state index is -4.37. The Morgan fingerprint density at radius 1 is 1.12 bits per heavy atom. The number of halogens is 3. The van der Waals surface area contributed by atoms with Crippen LogP contribution in [-0.4, -0.2) is 39.6 Å². The smallest absolute Gasteiger partial charge is 0.350 e. The summed E-state index contributed by atoms with van der Waals surface area (Å²) in [5.74, 6) is 0.649. The van der Waals surface area contributed by atoms with Gasteiger partial charge >= 0.3 is 11.9 Å². The maximum absolute atomic E-state index is 13.2. The average Bonchev–Trinajstić information content (AvgIpc) is 2.96. The van der Waals surface area contributed by atoms with Gasteiger partial charge in [-0.25, -0.2) is 4.79 Å². The third-order valence-corrected chi connectivity index (χ3v) is 7.98. The fourth-order valence-electron chi connectivity index (χ4n) is 5.70. The molecular weight excluding hydrogens is 527 g/mol. The lowest BCUT2D eigenvalue weighted by atomic mass is 9.93. The van der Waals surface area contributed by atoms with Gasteiger partial charge in [-0.15, -0.1) is 0 Å². The van der Waals surface area contributed by atoms with Crippen LogP contribution in [0.15, 0.2) is 40.7 Å². The first-order valence-electron chi connectivity index (χ1n) is 14.6. The van der Waals surface area contributed by atoms with Crippen molar-refractivity contribution in [3.8, 4) is 6.07 Å². The van der Waals surface area contributed by atoms with E-state index in [1.54, 1.807) is 32.2 Å². The maximum Gasteiger partial charge on any atom is 0.416 e. The number of hydrogen-bond donors (Lipinski definition) is 0. The first-order valence-corrected chi connectivity index (χ1v) is 14.6. The summed E-state index contributed by atoms with van der Waals surface area (Å²) in [5, 5.41) is 10.8. The van der Waals surface area contributed by atoms with E-state index in [2.05, 4.69) is 47.7 Å². The second-order valence-corrected chi connectivity index (χ2v) is 10.7. The molecule has 1 aromatic carbocycles. The van der Waals surface area contributed by atoms with Crippen molar-refractivity contribution >= 4 is 18.0 Å². The predicted octanol–water partition coefficient (Wildman–Crippen LogP) is 5.46. The number of nitrogens with zero attached hydrogens (tertiary/aromatic N) is 5. The highest BCUT2D eigenvalue weighted by atomic mass is 19.4. The van der Waals surface area contributed by atoms with Crippen LogP contribution in [0.2, 0.25) is 0 Å². The van der Waals surface area contributed by atoms with Gasteiger partial charge in [0.15, 0.2) is 0 Å². The van der Waals surface area contributed by atoms with Crippen LogP contribution in [0.4, 0.5) is 19.0 Å². The van der Waals surface area contributed by atoms with Gasteiger partial charge < -0.3 is 4.90 Å². The van der Waals surface area contributed by atoms with Gasteiger partial charge in [-0.2, -0.15) is 23.4 Å². The molecule has 222 valence electrons. The van der Waals surface area contributed by atoms with E-state index in [-0.39, 0.29) is 23.8 Å². The van der Waals surface area contributed by atoms with Crippen LogP contribution < -0.4 is 21.2 Å². The van der Waals surface area contributed by atoms with Crippen molar-refractivity contribution in [3.63, 3.8) is 0 Å². The molecule has 2 unspecified atom stereocenters. The summed E-state index contributed by atoms with van der Waals surface area (Å²) in [6, 6.07) is 7.90. The standard InChI is InChI=1S/C32H42F3N5O/c1-7-11-27-29(18-13-22(5)19-36)38(6)31(41)37-30(27)40-21-25(9-3)39(20-26(40)10-4)28(12-8-2)23-14-16-24(17-15-23)32(33,34)35/h11,13-18,25-26,28H,7-10,12,20-21H2,1-6H3/b22-13+,27-11-,29-18+/t25-,26?,28?/m1/s1. The summed E-state index contributed by atoms with van der Waals surface area (Å²) < 4.78 is 41.3. The Kier molecular flexibility index (Phi) is 11.0. The molecule has 0 radical (unpaired) electrons. The first kappa shape index (κ1) is 32.1. The summed E-state index contributed by atoms with van der Waals surface area (Å²) in [4.78, 5) is 22.3. The van der Waals surface area contributed by atoms with Crippen LogP contribution in [0.25, 0.3) is 12.2 Å². The van der Waals surface area contributed by atoms with Crippen LogP contribution in [-0.2, 0) is 13.2 Å². The van der Waals surface area contributed by atoms with E-state index in [4.69, 9.17) is 0 Å². The number of alkyl halides is 3. The molecule has 3 rings (SSSR count). The van der Waals surface area contributed by atoms with Crippen LogP contribution in [0.1, 0.15) is 83.9 Å². The largest absolute Gasteiger partial charge is 0.416 e. The number of nitriles is 1. The number of aromatic nitrogens is 2. The summed E-state index contributed by atoms with van der Waals surface area (Å²) >= 11 is 0. The second kappa shape index (κ2) is 14.0. The highest BCUT2D eigenvalue weighted by Crippen LogP contribution is 2.35. The molecule has 0 saturated carbocycles. The van der Waals surface area contributed by atoms with Crippen molar-refractivity contribution < 1.29 is 13.2 Å². The molecule has 0 bridgehead atoms. The normalized spacial score (nSPS) is 20.4. The summed E-state index contributed by atoms with van der Waals surface area (Å²) in [5.41, 5.74) is 0.435. The quantitative estimate of drug-likeness (QED) is 0.375. The lowest BCUT2D eigenvalue weighted by Gasteiger charge is -2.50. The number of piperazine rings is 1. The molecule has 1 saturated heterocycles. The summed E-state index contributed by atoms with van der Waals surface area (Å²) in [7, 11) is 1.69. The summed E-state index contributed by atoms with van der Waals surface area (Å²) in [6.45, 7) is 11.5. The van der Waals surface area contributed by atoms with E-state index in [1.165, 1.54) is 16.7 Å². The number of hydrogen-bond acceptors (Lipinski definition) is 5. The Balaban J connectivity index is 2.11. The molecule has 1 aliphatic rings. The van der Waals surface area contributed by atoms with Gasteiger partial charge in [0.05, 0.1) is 17.0 Å². The molecule has 0 amide bonds. The number of allylic oxidation sites excluding steroid dienone is 2. The van der Waals surface area contributed by atoms with E-state index in [1.807, 2.05) is 13.0 Å². The topological polar surface area (TPSA) is 65.2 Å². The van der Waals surface area contributed by atoms with Crippen molar-refractivity contribution in [2.75, 3.05) is 18.0 Å². The first-order chi connectivity index (χ1) is 19.5. The highest BCUT2D eigenvalue weighted by molar-refractivity contribution is 5.51. The Morgan fingerprint density at radius 3 is 2.32 bits per heavy atom. The summed E-state index contributed by atoms with van der Waals surface area (Å²) in [6.07, 6.45) is 5.37. The zero-order valence-electron chi connectivity index (χ0n) is 25.0. The minimum Gasteiger partial charge on any atom is -0.350 e. The Hall–Kier alpha value is -3.38. The molecule has 41 heavy (non-hydrogen) atoms. The van der Waals surface area contributed by atoms with E-state index in [9.17, 15) is 23.2 Å². The average molecular weight is 570 g/mol. The van der Waals surface area contributed by atoms with Gasteiger partial charge in [-0.3, -0.25) is 9.47 Å². The molecule has 6 nitrogen and oxygen atoms in total. The molecule has 0 spiro atoms. The molecule has 2 aromatic rings. The van der Waals surface area contributed by atoms with Crippen molar-refractivity contribution in [2.45, 2.75) is 91.0 Å². The van der Waals surface area contributed by atoms with Crippen molar-refractivity contribution in [3.05, 3.63) is 68.1 Å². The fraction of sp³-hybridized carbons (Fsp3) is 0.531.